The van der Waals surface area contributed by atoms with E-state index in [0.717, 1.165) is 12.8 Å². The SMILES string of the molecule is CCCC1NC(c2ccc(C)s2)N(C2CCC2)C1=O. The van der Waals surface area contributed by atoms with Crippen molar-refractivity contribution in [2.45, 2.75) is 64.2 Å². The Balaban J connectivity index is 1.85. The van der Waals surface area contributed by atoms with Gasteiger partial charge in [-0.2, -0.15) is 0 Å². The molecule has 3 nitrogen and oxygen atoms in total. The van der Waals surface area contributed by atoms with Crippen LogP contribution in [0.15, 0.2) is 12.1 Å². The van der Waals surface area contributed by atoms with Gasteiger partial charge in [0.1, 0.15) is 6.17 Å². The summed E-state index contributed by atoms with van der Waals surface area (Å²) in [5, 5.41) is 3.56. The smallest absolute Gasteiger partial charge is 0.241 e. The minimum absolute atomic E-state index is 0.0259. The zero-order chi connectivity index (χ0) is 13.4. The number of hydrogen-bond acceptors (Lipinski definition) is 3. The van der Waals surface area contributed by atoms with Crippen molar-refractivity contribution in [1.29, 1.82) is 0 Å². The highest BCUT2D eigenvalue weighted by molar-refractivity contribution is 7.12. The molecule has 1 amide bonds. The van der Waals surface area contributed by atoms with Crippen LogP contribution in [0.5, 0.6) is 0 Å². The van der Waals surface area contributed by atoms with Crippen LogP contribution in [0.1, 0.15) is 54.9 Å². The van der Waals surface area contributed by atoms with Gasteiger partial charge in [-0.25, -0.2) is 0 Å². The van der Waals surface area contributed by atoms with Gasteiger partial charge in [0.25, 0.3) is 0 Å². The first-order chi connectivity index (χ1) is 9.20. The Kier molecular flexibility index (Phi) is 3.63. The fourth-order valence-electron chi connectivity index (χ4n) is 3.02. The minimum Gasteiger partial charge on any atom is -0.318 e. The molecule has 1 saturated heterocycles. The summed E-state index contributed by atoms with van der Waals surface area (Å²) in [6, 6.07) is 4.82. The molecule has 0 bridgehead atoms. The van der Waals surface area contributed by atoms with E-state index in [1.165, 1.54) is 29.0 Å². The van der Waals surface area contributed by atoms with Gasteiger partial charge >= 0.3 is 0 Å². The van der Waals surface area contributed by atoms with Gasteiger partial charge in [0.05, 0.1) is 6.04 Å². The topological polar surface area (TPSA) is 32.3 Å². The lowest BCUT2D eigenvalue weighted by molar-refractivity contribution is -0.134. The number of thiophene rings is 1. The third kappa shape index (κ3) is 2.32. The molecular formula is C15H22N2OS. The molecule has 1 aliphatic heterocycles. The summed E-state index contributed by atoms with van der Waals surface area (Å²) in [5.74, 6) is 0.322. The van der Waals surface area contributed by atoms with Crippen molar-refractivity contribution < 1.29 is 4.79 Å². The molecule has 1 N–H and O–H groups in total. The van der Waals surface area contributed by atoms with Crippen LogP contribution in [0, 0.1) is 6.92 Å². The zero-order valence-electron chi connectivity index (χ0n) is 11.7. The van der Waals surface area contributed by atoms with Crippen LogP contribution in [-0.4, -0.2) is 22.9 Å². The van der Waals surface area contributed by atoms with Crippen LogP contribution in [0.4, 0.5) is 0 Å². The van der Waals surface area contributed by atoms with Crippen LogP contribution >= 0.6 is 11.3 Å². The van der Waals surface area contributed by atoms with Crippen molar-refractivity contribution in [2.24, 2.45) is 0 Å². The second-order valence-electron chi connectivity index (χ2n) is 5.69. The molecule has 2 aliphatic rings. The largest absolute Gasteiger partial charge is 0.318 e. The average Bonchev–Trinajstić information content (AvgIpc) is 2.86. The van der Waals surface area contributed by atoms with E-state index in [9.17, 15) is 4.79 Å². The van der Waals surface area contributed by atoms with E-state index in [2.05, 4.69) is 36.2 Å². The molecule has 2 heterocycles. The lowest BCUT2D eigenvalue weighted by atomic mass is 9.91. The Bertz CT molecular complexity index is 466. The van der Waals surface area contributed by atoms with Gasteiger partial charge in [-0.3, -0.25) is 10.1 Å². The van der Waals surface area contributed by atoms with Crippen molar-refractivity contribution in [3.8, 4) is 0 Å². The molecule has 1 aromatic heterocycles. The van der Waals surface area contributed by atoms with Crippen molar-refractivity contribution >= 4 is 17.2 Å². The van der Waals surface area contributed by atoms with Gasteiger partial charge in [-0.1, -0.05) is 13.3 Å². The minimum atomic E-state index is 0.0259. The predicted octanol–water partition coefficient (Wildman–Crippen LogP) is 3.21. The fourth-order valence-corrected chi connectivity index (χ4v) is 3.96. The van der Waals surface area contributed by atoms with E-state index in [-0.39, 0.29) is 12.2 Å². The second kappa shape index (κ2) is 5.25. The highest BCUT2D eigenvalue weighted by Gasteiger charge is 2.44. The van der Waals surface area contributed by atoms with Gasteiger partial charge in [-0.05, 0) is 44.7 Å². The predicted molar refractivity (Wildman–Crippen MR) is 78.1 cm³/mol. The molecule has 1 aromatic rings. The lowest BCUT2D eigenvalue weighted by Gasteiger charge is -2.38. The normalized spacial score (nSPS) is 27.9. The van der Waals surface area contributed by atoms with Gasteiger partial charge in [0, 0.05) is 15.8 Å². The maximum atomic E-state index is 12.6. The Morgan fingerprint density at radius 2 is 2.21 bits per heavy atom. The highest BCUT2D eigenvalue weighted by Crippen LogP contribution is 2.38. The van der Waals surface area contributed by atoms with E-state index in [0.29, 0.717) is 11.9 Å². The van der Waals surface area contributed by atoms with E-state index in [1.807, 2.05) is 0 Å². The quantitative estimate of drug-likeness (QED) is 0.917. The van der Waals surface area contributed by atoms with Gasteiger partial charge < -0.3 is 4.90 Å². The lowest BCUT2D eigenvalue weighted by Crippen LogP contribution is -2.43. The van der Waals surface area contributed by atoms with Crippen LogP contribution < -0.4 is 5.32 Å². The van der Waals surface area contributed by atoms with Crippen LogP contribution in [-0.2, 0) is 4.79 Å². The number of carbonyl (C=O) groups excluding carboxylic acids is 1. The van der Waals surface area contributed by atoms with Crippen LogP contribution in [0.2, 0.25) is 0 Å². The second-order valence-corrected chi connectivity index (χ2v) is 7.01. The number of rotatable bonds is 4. The van der Waals surface area contributed by atoms with Crippen molar-refractivity contribution in [3.05, 3.63) is 21.9 Å². The van der Waals surface area contributed by atoms with Gasteiger partial charge in [0.2, 0.25) is 5.91 Å². The molecule has 2 fully saturated rings. The zero-order valence-corrected chi connectivity index (χ0v) is 12.5. The Morgan fingerprint density at radius 1 is 1.42 bits per heavy atom. The third-order valence-electron chi connectivity index (χ3n) is 4.27. The molecular weight excluding hydrogens is 256 g/mol. The van der Waals surface area contributed by atoms with Crippen molar-refractivity contribution in [1.82, 2.24) is 10.2 Å². The third-order valence-corrected chi connectivity index (χ3v) is 5.32. The molecule has 1 saturated carbocycles. The molecule has 1 aliphatic carbocycles. The molecule has 0 spiro atoms. The monoisotopic (exact) mass is 278 g/mol. The first-order valence-corrected chi connectivity index (χ1v) is 8.17. The molecule has 0 radical (unpaired) electrons. The maximum absolute atomic E-state index is 12.6. The average molecular weight is 278 g/mol. The van der Waals surface area contributed by atoms with Gasteiger partial charge in [0.15, 0.2) is 0 Å². The fraction of sp³-hybridized carbons (Fsp3) is 0.667. The molecule has 4 heteroatoms. The van der Waals surface area contributed by atoms with Crippen molar-refractivity contribution in [3.63, 3.8) is 0 Å². The summed E-state index contributed by atoms with van der Waals surface area (Å²) in [7, 11) is 0. The summed E-state index contributed by atoms with van der Waals surface area (Å²) in [5.41, 5.74) is 0. The Hall–Kier alpha value is -0.870. The number of carbonyl (C=O) groups is 1. The van der Waals surface area contributed by atoms with Crippen LogP contribution in [0.25, 0.3) is 0 Å². The standard InChI is InChI=1S/C15H22N2OS/c1-3-5-12-15(18)17(11-6-4-7-11)14(16-12)13-9-8-10(2)19-13/h8-9,11-12,14,16H,3-7H2,1-2H3. The molecule has 3 rings (SSSR count). The number of aryl methyl sites for hydroxylation is 1. The number of hydrogen-bond donors (Lipinski definition) is 1. The molecule has 2 atom stereocenters. The van der Waals surface area contributed by atoms with E-state index in [1.54, 1.807) is 11.3 Å². The Morgan fingerprint density at radius 3 is 2.74 bits per heavy atom. The summed E-state index contributed by atoms with van der Waals surface area (Å²) in [6.45, 7) is 4.27. The van der Waals surface area contributed by atoms with E-state index in [4.69, 9.17) is 0 Å². The first kappa shape index (κ1) is 13.1. The van der Waals surface area contributed by atoms with E-state index >= 15 is 0 Å². The summed E-state index contributed by atoms with van der Waals surface area (Å²) < 4.78 is 0. The molecule has 104 valence electrons. The number of nitrogens with one attached hydrogen (secondary N) is 1. The summed E-state index contributed by atoms with van der Waals surface area (Å²) >= 11 is 1.81. The first-order valence-electron chi connectivity index (χ1n) is 7.35. The molecule has 0 aromatic carbocycles. The maximum Gasteiger partial charge on any atom is 0.241 e. The molecule has 2 unspecified atom stereocenters. The number of nitrogens with zero attached hydrogens (tertiary/aromatic N) is 1. The van der Waals surface area contributed by atoms with Crippen molar-refractivity contribution in [2.75, 3.05) is 0 Å². The summed E-state index contributed by atoms with van der Waals surface area (Å²) in [4.78, 5) is 17.3. The highest BCUT2D eigenvalue weighted by atomic mass is 32.1. The Labute approximate surface area is 119 Å². The van der Waals surface area contributed by atoms with Crippen LogP contribution in [0.3, 0.4) is 0 Å². The van der Waals surface area contributed by atoms with E-state index < -0.39 is 0 Å². The molecule has 19 heavy (non-hydrogen) atoms. The van der Waals surface area contributed by atoms with Gasteiger partial charge in [-0.15, -0.1) is 11.3 Å². The number of amides is 1. The summed E-state index contributed by atoms with van der Waals surface area (Å²) in [6.07, 6.45) is 5.73.